The van der Waals surface area contributed by atoms with Crippen LogP contribution in [0.15, 0.2) is 76.3 Å². The number of aryl methyl sites for hydroxylation is 3. The van der Waals surface area contributed by atoms with Gasteiger partial charge in [0.25, 0.3) is 5.56 Å². The molecular weight excluding hydrogens is 442 g/mol. The van der Waals surface area contributed by atoms with Gasteiger partial charge in [-0.3, -0.25) is 9.78 Å². The number of benzene rings is 3. The third-order valence-corrected chi connectivity index (χ3v) is 5.82. The molecule has 0 fully saturated rings. The summed E-state index contributed by atoms with van der Waals surface area (Å²) < 4.78 is 7.33. The number of nitrogen functional groups attached to an aromatic ring is 1. The molecule has 0 aliphatic rings. The van der Waals surface area contributed by atoms with Crippen molar-refractivity contribution in [1.82, 2.24) is 19.7 Å². The van der Waals surface area contributed by atoms with Gasteiger partial charge < -0.3 is 10.5 Å². The minimum absolute atomic E-state index is 0.282. The predicted octanol–water partition coefficient (Wildman–Crippen LogP) is 4.44. The molecule has 3 aromatic carbocycles. The number of nitrogens with two attached hydrogens (primary N) is 1. The summed E-state index contributed by atoms with van der Waals surface area (Å²) in [5, 5.41) is 4.91. The highest BCUT2D eigenvalue weighted by atomic mass is 16.5. The number of hydrogen-bond donors (Lipinski definition) is 2. The van der Waals surface area contributed by atoms with Crippen LogP contribution in [-0.4, -0.2) is 19.7 Å². The van der Waals surface area contributed by atoms with Crippen molar-refractivity contribution in [3.63, 3.8) is 0 Å². The summed E-state index contributed by atoms with van der Waals surface area (Å²) in [6, 6.07) is 21.5. The number of fused-ring (bicyclic) bond motifs is 1. The molecule has 0 saturated carbocycles. The Morgan fingerprint density at radius 3 is 2.31 bits per heavy atom. The van der Waals surface area contributed by atoms with E-state index in [-0.39, 0.29) is 5.82 Å². The molecule has 8 heteroatoms. The molecule has 35 heavy (non-hydrogen) atoms. The van der Waals surface area contributed by atoms with Crippen molar-refractivity contribution in [2.75, 3.05) is 5.73 Å². The minimum Gasteiger partial charge on any atom is -0.457 e. The fraction of sp³-hybridized carbons (Fsp3) is 0.111. The number of aromatic amines is 1. The average molecular weight is 466 g/mol. The minimum atomic E-state index is -0.711. The first-order valence-electron chi connectivity index (χ1n) is 11.1. The highest BCUT2D eigenvalue weighted by molar-refractivity contribution is 5.86. The number of anilines is 1. The maximum absolute atomic E-state index is 12.2. The van der Waals surface area contributed by atoms with Crippen LogP contribution in [0.5, 0.6) is 11.5 Å². The Balaban J connectivity index is 1.50. The molecule has 5 aromatic rings. The number of ether oxygens (including phenoxy) is 1. The number of rotatable bonds is 4. The standard InChI is InChI=1S/C27H23N5O3/c1-15-13-23(18-7-5-4-6-8-18)29-22-10-9-20(14-21(15)22)35-24-16(2)11-19(12-17(24)3)32-27(34)30-26(33)25(28)31-32/h4-14H,1-3H3,(H2,28,31)(H,30,33,34). The van der Waals surface area contributed by atoms with Crippen LogP contribution < -0.4 is 21.7 Å². The van der Waals surface area contributed by atoms with E-state index in [4.69, 9.17) is 15.5 Å². The summed E-state index contributed by atoms with van der Waals surface area (Å²) in [7, 11) is 0. The quantitative estimate of drug-likeness (QED) is 0.405. The third kappa shape index (κ3) is 4.17. The summed E-state index contributed by atoms with van der Waals surface area (Å²) in [6.45, 7) is 5.82. The average Bonchev–Trinajstić information content (AvgIpc) is 2.84. The summed E-state index contributed by atoms with van der Waals surface area (Å²) in [6.07, 6.45) is 0. The maximum Gasteiger partial charge on any atom is 0.349 e. The smallest absolute Gasteiger partial charge is 0.349 e. The van der Waals surface area contributed by atoms with Gasteiger partial charge in [-0.1, -0.05) is 30.3 Å². The Bertz CT molecular complexity index is 1680. The molecule has 0 bridgehead atoms. The highest BCUT2D eigenvalue weighted by Gasteiger charge is 2.13. The molecule has 0 atom stereocenters. The zero-order valence-electron chi connectivity index (χ0n) is 19.5. The van der Waals surface area contributed by atoms with E-state index in [1.54, 1.807) is 12.1 Å². The molecular formula is C27H23N5O3. The molecule has 0 saturated heterocycles. The topological polar surface area (TPSA) is 116 Å². The molecule has 2 aromatic heterocycles. The lowest BCUT2D eigenvalue weighted by atomic mass is 10.0. The summed E-state index contributed by atoms with van der Waals surface area (Å²) >= 11 is 0. The first-order valence-corrected chi connectivity index (χ1v) is 11.1. The molecule has 5 rings (SSSR count). The lowest BCUT2D eigenvalue weighted by Gasteiger charge is -2.15. The Kier molecular flexibility index (Phi) is 5.41. The van der Waals surface area contributed by atoms with E-state index in [1.165, 1.54) is 0 Å². The van der Waals surface area contributed by atoms with Crippen LogP contribution in [0.4, 0.5) is 5.82 Å². The van der Waals surface area contributed by atoms with Gasteiger partial charge in [0.2, 0.25) is 5.82 Å². The summed E-state index contributed by atoms with van der Waals surface area (Å²) in [5.74, 6) is 1.07. The SMILES string of the molecule is Cc1cc(-n2nc(N)c(=O)[nH]c2=O)cc(C)c1Oc1ccc2nc(-c3ccccc3)cc(C)c2c1. The van der Waals surface area contributed by atoms with E-state index in [0.717, 1.165) is 43.5 Å². The van der Waals surface area contributed by atoms with Crippen molar-refractivity contribution in [2.24, 2.45) is 0 Å². The molecule has 0 spiro atoms. The second-order valence-corrected chi connectivity index (χ2v) is 8.44. The third-order valence-electron chi connectivity index (χ3n) is 5.82. The van der Waals surface area contributed by atoms with E-state index in [2.05, 4.69) is 23.1 Å². The lowest BCUT2D eigenvalue weighted by molar-refractivity contribution is 0.475. The number of nitrogens with zero attached hydrogens (tertiary/aromatic N) is 3. The Labute approximate surface area is 200 Å². The van der Waals surface area contributed by atoms with Crippen molar-refractivity contribution in [3.05, 3.63) is 104 Å². The number of hydrogen-bond acceptors (Lipinski definition) is 6. The molecule has 0 unspecified atom stereocenters. The fourth-order valence-electron chi connectivity index (χ4n) is 4.11. The van der Waals surface area contributed by atoms with Crippen molar-refractivity contribution in [3.8, 4) is 28.4 Å². The number of pyridine rings is 1. The van der Waals surface area contributed by atoms with Crippen LogP contribution in [0, 0.1) is 20.8 Å². The zero-order valence-corrected chi connectivity index (χ0v) is 19.5. The maximum atomic E-state index is 12.2. The van der Waals surface area contributed by atoms with E-state index in [1.807, 2.05) is 62.4 Å². The van der Waals surface area contributed by atoms with Gasteiger partial charge in [0, 0.05) is 10.9 Å². The van der Waals surface area contributed by atoms with Gasteiger partial charge in [0.1, 0.15) is 11.5 Å². The van der Waals surface area contributed by atoms with Crippen molar-refractivity contribution >= 4 is 16.7 Å². The van der Waals surface area contributed by atoms with Crippen molar-refractivity contribution in [1.29, 1.82) is 0 Å². The van der Waals surface area contributed by atoms with E-state index >= 15 is 0 Å². The Morgan fingerprint density at radius 1 is 0.886 bits per heavy atom. The molecule has 3 N–H and O–H groups in total. The first-order chi connectivity index (χ1) is 16.8. The molecule has 0 radical (unpaired) electrons. The molecule has 0 aliphatic heterocycles. The summed E-state index contributed by atoms with van der Waals surface area (Å²) in [5.41, 5.74) is 10.3. The van der Waals surface area contributed by atoms with Gasteiger partial charge in [0.15, 0.2) is 0 Å². The van der Waals surface area contributed by atoms with Crippen LogP contribution in [0.3, 0.4) is 0 Å². The molecule has 2 heterocycles. The van der Waals surface area contributed by atoms with Crippen LogP contribution in [0.2, 0.25) is 0 Å². The highest BCUT2D eigenvalue weighted by Crippen LogP contribution is 2.33. The predicted molar refractivity (Wildman–Crippen MR) is 136 cm³/mol. The first kappa shape index (κ1) is 22.1. The largest absolute Gasteiger partial charge is 0.457 e. The number of nitrogens with one attached hydrogen (secondary N) is 1. The van der Waals surface area contributed by atoms with Gasteiger partial charge >= 0.3 is 5.69 Å². The van der Waals surface area contributed by atoms with Gasteiger partial charge in [-0.2, -0.15) is 4.68 Å². The lowest BCUT2D eigenvalue weighted by Crippen LogP contribution is -2.33. The number of aromatic nitrogens is 4. The van der Waals surface area contributed by atoms with E-state index in [9.17, 15) is 9.59 Å². The zero-order chi connectivity index (χ0) is 24.7. The van der Waals surface area contributed by atoms with Crippen LogP contribution in [0.25, 0.3) is 27.8 Å². The van der Waals surface area contributed by atoms with Gasteiger partial charge in [-0.25, -0.2) is 9.78 Å². The second-order valence-electron chi connectivity index (χ2n) is 8.44. The monoisotopic (exact) mass is 465 g/mol. The van der Waals surface area contributed by atoms with Crippen LogP contribution >= 0.6 is 0 Å². The fourth-order valence-corrected chi connectivity index (χ4v) is 4.11. The molecule has 0 aliphatic carbocycles. The Morgan fingerprint density at radius 2 is 1.60 bits per heavy atom. The normalized spacial score (nSPS) is 11.1. The molecule has 0 amide bonds. The van der Waals surface area contributed by atoms with E-state index in [0.29, 0.717) is 17.2 Å². The van der Waals surface area contributed by atoms with Gasteiger partial charge in [0.05, 0.1) is 16.9 Å². The van der Waals surface area contributed by atoms with Crippen molar-refractivity contribution < 1.29 is 4.74 Å². The number of H-pyrrole nitrogens is 1. The Hall–Kier alpha value is -4.72. The summed E-state index contributed by atoms with van der Waals surface area (Å²) in [4.78, 5) is 30.7. The van der Waals surface area contributed by atoms with Gasteiger partial charge in [-0.05, 0) is 73.9 Å². The van der Waals surface area contributed by atoms with Crippen LogP contribution in [0.1, 0.15) is 16.7 Å². The van der Waals surface area contributed by atoms with E-state index < -0.39 is 11.2 Å². The molecule has 8 nitrogen and oxygen atoms in total. The van der Waals surface area contributed by atoms with Crippen molar-refractivity contribution in [2.45, 2.75) is 20.8 Å². The second kappa shape index (κ2) is 8.57. The van der Waals surface area contributed by atoms with Gasteiger partial charge in [-0.15, -0.1) is 5.10 Å². The molecule has 174 valence electrons. The van der Waals surface area contributed by atoms with Crippen LogP contribution in [-0.2, 0) is 0 Å².